The molecule has 0 aliphatic rings. The number of benzene rings is 2. The number of hydrogen-bond acceptors (Lipinski definition) is 1. The Morgan fingerprint density at radius 1 is 1.05 bits per heavy atom. The minimum atomic E-state index is -0.161. The molecule has 2 aromatic carbocycles. The summed E-state index contributed by atoms with van der Waals surface area (Å²) in [6.45, 7) is 4.10. The van der Waals surface area contributed by atoms with Gasteiger partial charge < -0.3 is 10.6 Å². The minimum absolute atomic E-state index is 0.0419. The predicted octanol–water partition coefficient (Wildman–Crippen LogP) is 4.66. The second-order valence-electron chi connectivity index (χ2n) is 5.17. The van der Waals surface area contributed by atoms with Crippen molar-refractivity contribution in [2.45, 2.75) is 32.7 Å². The SMILES string of the molecule is CCCC(NC(=O)Nc1ccccc1C)c1ccccc1. The lowest BCUT2D eigenvalue weighted by Gasteiger charge is -2.19. The number of nitrogens with one attached hydrogen (secondary N) is 2. The Bertz CT molecular complexity index is 581. The van der Waals surface area contributed by atoms with Gasteiger partial charge in [0.05, 0.1) is 6.04 Å². The van der Waals surface area contributed by atoms with Crippen LogP contribution in [0.5, 0.6) is 0 Å². The number of urea groups is 1. The second-order valence-corrected chi connectivity index (χ2v) is 5.17. The van der Waals surface area contributed by atoms with Crippen LogP contribution in [-0.2, 0) is 0 Å². The summed E-state index contributed by atoms with van der Waals surface area (Å²) in [6, 6.07) is 17.7. The van der Waals surface area contributed by atoms with E-state index in [9.17, 15) is 4.79 Å². The fraction of sp³-hybridized carbons (Fsp3) is 0.278. The molecule has 0 heterocycles. The molecule has 0 radical (unpaired) electrons. The van der Waals surface area contributed by atoms with Crippen molar-refractivity contribution in [3.05, 3.63) is 65.7 Å². The molecule has 0 bridgehead atoms. The maximum Gasteiger partial charge on any atom is 0.319 e. The van der Waals surface area contributed by atoms with Gasteiger partial charge in [-0.05, 0) is 30.5 Å². The molecule has 2 rings (SSSR count). The molecule has 21 heavy (non-hydrogen) atoms. The van der Waals surface area contributed by atoms with Crippen molar-refractivity contribution in [2.24, 2.45) is 0 Å². The maximum atomic E-state index is 12.2. The quantitative estimate of drug-likeness (QED) is 0.823. The smallest absolute Gasteiger partial charge is 0.319 e. The lowest BCUT2D eigenvalue weighted by atomic mass is 10.0. The van der Waals surface area contributed by atoms with Crippen LogP contribution in [0.25, 0.3) is 0 Å². The average molecular weight is 282 g/mol. The number of carbonyl (C=O) groups is 1. The topological polar surface area (TPSA) is 41.1 Å². The fourth-order valence-corrected chi connectivity index (χ4v) is 2.33. The van der Waals surface area contributed by atoms with E-state index in [-0.39, 0.29) is 12.1 Å². The third-order valence-corrected chi connectivity index (χ3v) is 3.48. The lowest BCUT2D eigenvalue weighted by molar-refractivity contribution is 0.247. The third-order valence-electron chi connectivity index (χ3n) is 3.48. The molecule has 0 aliphatic heterocycles. The van der Waals surface area contributed by atoms with Gasteiger partial charge in [0.25, 0.3) is 0 Å². The normalized spacial score (nSPS) is 11.7. The van der Waals surface area contributed by atoms with Gasteiger partial charge in [-0.2, -0.15) is 0 Å². The molecule has 0 saturated carbocycles. The summed E-state index contributed by atoms with van der Waals surface area (Å²) in [5.74, 6) is 0. The molecule has 1 atom stereocenters. The molecule has 0 aliphatic carbocycles. The highest BCUT2D eigenvalue weighted by atomic mass is 16.2. The summed E-state index contributed by atoms with van der Waals surface area (Å²) >= 11 is 0. The molecule has 1 unspecified atom stereocenters. The van der Waals surface area contributed by atoms with Crippen LogP contribution in [0.1, 0.15) is 36.9 Å². The van der Waals surface area contributed by atoms with Gasteiger partial charge in [0, 0.05) is 5.69 Å². The Morgan fingerprint density at radius 3 is 2.38 bits per heavy atom. The number of anilines is 1. The molecule has 0 saturated heterocycles. The Balaban J connectivity index is 2.04. The van der Waals surface area contributed by atoms with Crippen molar-refractivity contribution < 1.29 is 4.79 Å². The number of para-hydroxylation sites is 1. The second kappa shape index (κ2) is 7.48. The summed E-state index contributed by atoms with van der Waals surface area (Å²) in [5, 5.41) is 5.98. The first-order valence-corrected chi connectivity index (χ1v) is 7.38. The number of rotatable bonds is 5. The number of amides is 2. The molecule has 3 heteroatoms. The summed E-state index contributed by atoms with van der Waals surface area (Å²) in [5.41, 5.74) is 3.04. The molecule has 2 N–H and O–H groups in total. The van der Waals surface area contributed by atoms with Crippen LogP contribution in [0.3, 0.4) is 0 Å². The van der Waals surface area contributed by atoms with Crippen LogP contribution in [0.15, 0.2) is 54.6 Å². The molecular formula is C18H22N2O. The van der Waals surface area contributed by atoms with Gasteiger partial charge in [0.1, 0.15) is 0 Å². The molecule has 0 aromatic heterocycles. The minimum Gasteiger partial charge on any atom is -0.331 e. The molecule has 0 spiro atoms. The van der Waals surface area contributed by atoms with E-state index in [0.29, 0.717) is 0 Å². The summed E-state index contributed by atoms with van der Waals surface area (Å²) in [6.07, 6.45) is 1.94. The largest absolute Gasteiger partial charge is 0.331 e. The predicted molar refractivity (Wildman–Crippen MR) is 87.4 cm³/mol. The first-order chi connectivity index (χ1) is 10.2. The van der Waals surface area contributed by atoms with Crippen LogP contribution in [0.4, 0.5) is 10.5 Å². The van der Waals surface area contributed by atoms with E-state index in [4.69, 9.17) is 0 Å². The van der Waals surface area contributed by atoms with Crippen molar-refractivity contribution in [1.82, 2.24) is 5.32 Å². The molecule has 0 fully saturated rings. The van der Waals surface area contributed by atoms with Gasteiger partial charge in [0.2, 0.25) is 0 Å². The van der Waals surface area contributed by atoms with Crippen molar-refractivity contribution >= 4 is 11.7 Å². The highest BCUT2D eigenvalue weighted by Gasteiger charge is 2.13. The highest BCUT2D eigenvalue weighted by Crippen LogP contribution is 2.19. The maximum absolute atomic E-state index is 12.2. The van der Waals surface area contributed by atoms with Crippen molar-refractivity contribution in [3.63, 3.8) is 0 Å². The van der Waals surface area contributed by atoms with Crippen LogP contribution < -0.4 is 10.6 Å². The Labute approximate surface area is 126 Å². The molecule has 3 nitrogen and oxygen atoms in total. The molecular weight excluding hydrogens is 260 g/mol. The lowest BCUT2D eigenvalue weighted by Crippen LogP contribution is -2.32. The van der Waals surface area contributed by atoms with Crippen LogP contribution in [0.2, 0.25) is 0 Å². The summed E-state index contributed by atoms with van der Waals surface area (Å²) in [7, 11) is 0. The van der Waals surface area contributed by atoms with Gasteiger partial charge in [-0.3, -0.25) is 0 Å². The zero-order chi connectivity index (χ0) is 15.1. The Morgan fingerprint density at radius 2 is 1.71 bits per heavy atom. The van der Waals surface area contributed by atoms with Crippen LogP contribution >= 0.6 is 0 Å². The van der Waals surface area contributed by atoms with E-state index in [1.54, 1.807) is 0 Å². The third kappa shape index (κ3) is 4.35. The monoisotopic (exact) mass is 282 g/mol. The van der Waals surface area contributed by atoms with Crippen molar-refractivity contribution in [3.8, 4) is 0 Å². The zero-order valence-electron chi connectivity index (χ0n) is 12.6. The molecule has 2 amide bonds. The van der Waals surface area contributed by atoms with Crippen LogP contribution in [-0.4, -0.2) is 6.03 Å². The van der Waals surface area contributed by atoms with Gasteiger partial charge >= 0.3 is 6.03 Å². The Hall–Kier alpha value is -2.29. The van der Waals surface area contributed by atoms with Gasteiger partial charge in [-0.25, -0.2) is 4.79 Å². The fourth-order valence-electron chi connectivity index (χ4n) is 2.33. The van der Waals surface area contributed by atoms with Crippen molar-refractivity contribution in [1.29, 1.82) is 0 Å². The Kier molecular flexibility index (Phi) is 5.38. The molecule has 110 valence electrons. The van der Waals surface area contributed by atoms with Gasteiger partial charge in [-0.15, -0.1) is 0 Å². The zero-order valence-corrected chi connectivity index (χ0v) is 12.6. The van der Waals surface area contributed by atoms with E-state index in [1.807, 2.05) is 61.5 Å². The number of hydrogen-bond donors (Lipinski definition) is 2. The van der Waals surface area contributed by atoms with Crippen molar-refractivity contribution in [2.75, 3.05) is 5.32 Å². The van der Waals surface area contributed by atoms with E-state index in [0.717, 1.165) is 29.7 Å². The summed E-state index contributed by atoms with van der Waals surface area (Å²) in [4.78, 5) is 12.2. The van der Waals surface area contributed by atoms with Crippen LogP contribution in [0, 0.1) is 6.92 Å². The average Bonchev–Trinajstić information content (AvgIpc) is 2.50. The van der Waals surface area contributed by atoms with E-state index < -0.39 is 0 Å². The van der Waals surface area contributed by atoms with Gasteiger partial charge in [0.15, 0.2) is 0 Å². The first kappa shape index (κ1) is 15.1. The standard InChI is InChI=1S/C18H22N2O/c1-3-9-17(15-11-5-4-6-12-15)20-18(21)19-16-13-8-7-10-14(16)2/h4-8,10-13,17H,3,9H2,1-2H3,(H2,19,20,21). The molecule has 2 aromatic rings. The number of aryl methyl sites for hydroxylation is 1. The summed E-state index contributed by atoms with van der Waals surface area (Å²) < 4.78 is 0. The number of carbonyl (C=O) groups excluding carboxylic acids is 1. The van der Waals surface area contributed by atoms with E-state index in [2.05, 4.69) is 17.6 Å². The highest BCUT2D eigenvalue weighted by molar-refractivity contribution is 5.90. The van der Waals surface area contributed by atoms with E-state index >= 15 is 0 Å². The first-order valence-electron chi connectivity index (χ1n) is 7.38. The van der Waals surface area contributed by atoms with Gasteiger partial charge in [-0.1, -0.05) is 61.9 Å². The van der Waals surface area contributed by atoms with E-state index in [1.165, 1.54) is 0 Å².